The van der Waals surface area contributed by atoms with Gasteiger partial charge in [0.1, 0.15) is 0 Å². The van der Waals surface area contributed by atoms with Gasteiger partial charge in [0.15, 0.2) is 0 Å². The van der Waals surface area contributed by atoms with Gasteiger partial charge in [0.2, 0.25) is 11.9 Å². The number of anilines is 1. The number of piperazine rings is 1. The van der Waals surface area contributed by atoms with Crippen LogP contribution in [0.25, 0.3) is 10.9 Å². The molecule has 3 heterocycles. The van der Waals surface area contributed by atoms with Gasteiger partial charge in [0.25, 0.3) is 0 Å². The minimum Gasteiger partial charge on any atom is -0.361 e. The van der Waals surface area contributed by atoms with Crippen LogP contribution in [0.1, 0.15) is 19.4 Å². The fourth-order valence-electron chi connectivity index (χ4n) is 3.66. The number of hydrogen-bond acceptors (Lipinski definition) is 4. The van der Waals surface area contributed by atoms with Gasteiger partial charge in [-0.3, -0.25) is 4.79 Å². The lowest BCUT2D eigenvalue weighted by Gasteiger charge is -2.38. The van der Waals surface area contributed by atoms with Crippen molar-refractivity contribution in [2.24, 2.45) is 0 Å². The first-order valence-corrected chi connectivity index (χ1v) is 8.95. The number of para-hydroxylation sites is 1. The van der Waals surface area contributed by atoms with E-state index in [0.717, 1.165) is 35.5 Å². The van der Waals surface area contributed by atoms with Crippen LogP contribution >= 0.6 is 0 Å². The summed E-state index contributed by atoms with van der Waals surface area (Å²) in [6.07, 6.45) is 5.47. The molecular formula is C20H23N5O. The van der Waals surface area contributed by atoms with Gasteiger partial charge >= 0.3 is 0 Å². The molecule has 0 saturated carbocycles. The predicted octanol–water partition coefficient (Wildman–Crippen LogP) is 2.58. The molecule has 0 unspecified atom stereocenters. The van der Waals surface area contributed by atoms with E-state index < -0.39 is 5.41 Å². The molecule has 1 amide bonds. The van der Waals surface area contributed by atoms with Crippen LogP contribution < -0.4 is 4.90 Å². The minimum atomic E-state index is -0.578. The van der Waals surface area contributed by atoms with E-state index in [2.05, 4.69) is 25.9 Å². The fourth-order valence-corrected chi connectivity index (χ4v) is 3.66. The van der Waals surface area contributed by atoms with E-state index in [1.54, 1.807) is 12.4 Å². The highest BCUT2D eigenvalue weighted by molar-refractivity contribution is 5.94. The van der Waals surface area contributed by atoms with Crippen molar-refractivity contribution < 1.29 is 4.79 Å². The Kier molecular flexibility index (Phi) is 4.11. The molecule has 1 fully saturated rings. The van der Waals surface area contributed by atoms with Gasteiger partial charge in [0.05, 0.1) is 5.41 Å². The van der Waals surface area contributed by atoms with Crippen molar-refractivity contribution >= 4 is 22.8 Å². The molecule has 1 aliphatic heterocycles. The molecule has 6 nitrogen and oxygen atoms in total. The summed E-state index contributed by atoms with van der Waals surface area (Å²) in [5.41, 5.74) is 1.53. The Bertz CT molecular complexity index is 910. The van der Waals surface area contributed by atoms with Crippen molar-refractivity contribution in [2.45, 2.75) is 19.3 Å². The smallest absolute Gasteiger partial charge is 0.232 e. The molecule has 0 spiro atoms. The number of aromatic amines is 1. The molecule has 1 saturated heterocycles. The van der Waals surface area contributed by atoms with Gasteiger partial charge in [-0.2, -0.15) is 0 Å². The SMILES string of the molecule is CC(C)(C(=O)N1CCN(c2ncccn2)CC1)c1c[nH]c2ccccc12. The molecule has 4 rings (SSSR count). The summed E-state index contributed by atoms with van der Waals surface area (Å²) in [7, 11) is 0. The zero-order chi connectivity index (χ0) is 18.1. The lowest BCUT2D eigenvalue weighted by molar-refractivity contribution is -0.136. The maximum atomic E-state index is 13.3. The Balaban J connectivity index is 1.51. The Hall–Kier alpha value is -2.89. The van der Waals surface area contributed by atoms with Gasteiger partial charge < -0.3 is 14.8 Å². The Morgan fingerprint density at radius 3 is 2.46 bits per heavy atom. The summed E-state index contributed by atoms with van der Waals surface area (Å²) < 4.78 is 0. The lowest BCUT2D eigenvalue weighted by Crippen LogP contribution is -2.53. The monoisotopic (exact) mass is 349 g/mol. The average Bonchev–Trinajstić information content (AvgIpc) is 3.13. The van der Waals surface area contributed by atoms with E-state index in [1.807, 2.05) is 49.2 Å². The number of carbonyl (C=O) groups excluding carboxylic acids is 1. The van der Waals surface area contributed by atoms with E-state index in [1.165, 1.54) is 0 Å². The fraction of sp³-hybridized carbons (Fsp3) is 0.350. The van der Waals surface area contributed by atoms with E-state index in [9.17, 15) is 4.79 Å². The molecular weight excluding hydrogens is 326 g/mol. The van der Waals surface area contributed by atoms with Gasteiger partial charge in [-0.25, -0.2) is 9.97 Å². The summed E-state index contributed by atoms with van der Waals surface area (Å²) in [6, 6.07) is 9.94. The Morgan fingerprint density at radius 2 is 1.73 bits per heavy atom. The largest absolute Gasteiger partial charge is 0.361 e. The van der Waals surface area contributed by atoms with Crippen LogP contribution in [-0.4, -0.2) is 51.9 Å². The zero-order valence-corrected chi connectivity index (χ0v) is 15.1. The van der Waals surface area contributed by atoms with Crippen LogP contribution in [0.4, 0.5) is 5.95 Å². The molecule has 0 radical (unpaired) electrons. The van der Waals surface area contributed by atoms with Gasteiger partial charge in [0, 0.05) is 55.7 Å². The number of fused-ring (bicyclic) bond motifs is 1. The van der Waals surface area contributed by atoms with Gasteiger partial charge in [-0.1, -0.05) is 18.2 Å². The third kappa shape index (κ3) is 2.81. The molecule has 6 heteroatoms. The minimum absolute atomic E-state index is 0.163. The number of nitrogens with one attached hydrogen (secondary N) is 1. The second-order valence-electron chi connectivity index (χ2n) is 7.20. The number of nitrogens with zero attached hydrogens (tertiary/aromatic N) is 4. The van der Waals surface area contributed by atoms with E-state index in [0.29, 0.717) is 13.1 Å². The van der Waals surface area contributed by atoms with Crippen LogP contribution in [0.15, 0.2) is 48.9 Å². The maximum absolute atomic E-state index is 13.3. The summed E-state index contributed by atoms with van der Waals surface area (Å²) in [4.78, 5) is 29.2. The molecule has 1 N–H and O–H groups in total. The molecule has 2 aromatic heterocycles. The van der Waals surface area contributed by atoms with Crippen LogP contribution in [-0.2, 0) is 10.2 Å². The number of H-pyrrole nitrogens is 1. The first kappa shape index (κ1) is 16.6. The topological polar surface area (TPSA) is 65.1 Å². The highest BCUT2D eigenvalue weighted by atomic mass is 16.2. The van der Waals surface area contributed by atoms with Crippen molar-refractivity contribution in [2.75, 3.05) is 31.1 Å². The van der Waals surface area contributed by atoms with Crippen LogP contribution in [0.3, 0.4) is 0 Å². The molecule has 0 bridgehead atoms. The van der Waals surface area contributed by atoms with Crippen molar-refractivity contribution in [3.8, 4) is 0 Å². The first-order valence-electron chi connectivity index (χ1n) is 8.95. The number of rotatable bonds is 3. The van der Waals surface area contributed by atoms with Crippen molar-refractivity contribution in [3.63, 3.8) is 0 Å². The third-order valence-electron chi connectivity index (χ3n) is 5.20. The molecule has 1 aliphatic rings. The van der Waals surface area contributed by atoms with Gasteiger partial charge in [-0.05, 0) is 31.5 Å². The number of carbonyl (C=O) groups is 1. The molecule has 3 aromatic rings. The zero-order valence-electron chi connectivity index (χ0n) is 15.1. The summed E-state index contributed by atoms with van der Waals surface area (Å²) in [6.45, 7) is 6.89. The van der Waals surface area contributed by atoms with E-state index in [4.69, 9.17) is 0 Å². The highest BCUT2D eigenvalue weighted by Crippen LogP contribution is 2.32. The van der Waals surface area contributed by atoms with E-state index >= 15 is 0 Å². The summed E-state index contributed by atoms with van der Waals surface area (Å²) in [5.74, 6) is 0.895. The molecule has 0 aliphatic carbocycles. The summed E-state index contributed by atoms with van der Waals surface area (Å²) in [5, 5.41) is 1.11. The van der Waals surface area contributed by atoms with Crippen LogP contribution in [0.5, 0.6) is 0 Å². The quantitative estimate of drug-likeness (QED) is 0.789. The number of amides is 1. The Morgan fingerprint density at radius 1 is 1.04 bits per heavy atom. The summed E-state index contributed by atoms with van der Waals surface area (Å²) >= 11 is 0. The Labute approximate surface area is 152 Å². The van der Waals surface area contributed by atoms with Crippen molar-refractivity contribution in [1.82, 2.24) is 19.9 Å². The first-order chi connectivity index (χ1) is 12.6. The normalized spacial score (nSPS) is 15.5. The average molecular weight is 349 g/mol. The lowest BCUT2D eigenvalue weighted by atomic mass is 9.82. The maximum Gasteiger partial charge on any atom is 0.232 e. The third-order valence-corrected chi connectivity index (χ3v) is 5.20. The predicted molar refractivity (Wildman–Crippen MR) is 102 cm³/mol. The van der Waals surface area contributed by atoms with Gasteiger partial charge in [-0.15, -0.1) is 0 Å². The van der Waals surface area contributed by atoms with E-state index in [-0.39, 0.29) is 5.91 Å². The molecule has 26 heavy (non-hydrogen) atoms. The number of hydrogen-bond donors (Lipinski definition) is 1. The second-order valence-corrected chi connectivity index (χ2v) is 7.20. The standard InChI is InChI=1S/C20H23N5O/c1-20(2,16-14-23-17-7-4-3-6-15(16)17)18(26)24-10-12-25(13-11-24)19-21-8-5-9-22-19/h3-9,14,23H,10-13H2,1-2H3. The number of aromatic nitrogens is 3. The van der Waals surface area contributed by atoms with Crippen LogP contribution in [0, 0.1) is 0 Å². The molecule has 0 atom stereocenters. The highest BCUT2D eigenvalue weighted by Gasteiger charge is 2.37. The van der Waals surface area contributed by atoms with Crippen LogP contribution in [0.2, 0.25) is 0 Å². The number of benzene rings is 1. The van der Waals surface area contributed by atoms with Crippen molar-refractivity contribution in [1.29, 1.82) is 0 Å². The molecule has 134 valence electrons. The van der Waals surface area contributed by atoms with Crippen molar-refractivity contribution in [3.05, 3.63) is 54.5 Å². The second kappa shape index (κ2) is 6.44. The molecule has 1 aromatic carbocycles.